The highest BCUT2D eigenvalue weighted by Crippen LogP contribution is 2.27. The van der Waals surface area contributed by atoms with E-state index in [0.717, 1.165) is 41.1 Å². The van der Waals surface area contributed by atoms with Crippen molar-refractivity contribution in [1.29, 1.82) is 0 Å². The maximum atomic E-state index is 12.7. The largest absolute Gasteiger partial charge is 0.338 e. The molecule has 5 rings (SSSR count). The summed E-state index contributed by atoms with van der Waals surface area (Å²) < 4.78 is 1.82. The van der Waals surface area contributed by atoms with Crippen LogP contribution in [-0.4, -0.2) is 43.5 Å². The lowest BCUT2D eigenvalue weighted by Crippen LogP contribution is -2.28. The molecule has 3 aromatic heterocycles. The lowest BCUT2D eigenvalue weighted by molar-refractivity contribution is 0.0790. The lowest BCUT2D eigenvalue weighted by atomic mass is 10.1. The zero-order chi connectivity index (χ0) is 18.9. The van der Waals surface area contributed by atoms with Crippen LogP contribution in [0.4, 0.5) is 0 Å². The first kappa shape index (κ1) is 16.6. The Balaban J connectivity index is 1.37. The Kier molecular flexibility index (Phi) is 4.09. The molecule has 6 heteroatoms. The number of carbonyl (C=O) groups excluding carboxylic acids is 1. The Morgan fingerprint density at radius 3 is 2.71 bits per heavy atom. The fourth-order valence-corrected chi connectivity index (χ4v) is 3.70. The van der Waals surface area contributed by atoms with Gasteiger partial charge in [0, 0.05) is 54.3 Å². The molecule has 1 aliphatic heterocycles. The van der Waals surface area contributed by atoms with Crippen LogP contribution in [-0.2, 0) is 0 Å². The highest BCUT2D eigenvalue weighted by molar-refractivity contribution is 5.94. The van der Waals surface area contributed by atoms with E-state index in [1.165, 1.54) is 0 Å². The van der Waals surface area contributed by atoms with E-state index in [0.29, 0.717) is 6.54 Å². The molecule has 1 aliphatic rings. The molecule has 0 saturated carbocycles. The summed E-state index contributed by atoms with van der Waals surface area (Å²) in [5.41, 5.74) is 3.63. The van der Waals surface area contributed by atoms with Crippen LogP contribution >= 0.6 is 0 Å². The molecule has 4 heterocycles. The van der Waals surface area contributed by atoms with E-state index in [4.69, 9.17) is 10.1 Å². The van der Waals surface area contributed by atoms with E-state index in [1.807, 2.05) is 76.4 Å². The summed E-state index contributed by atoms with van der Waals surface area (Å²) in [6.07, 6.45) is 6.46. The third-order valence-corrected chi connectivity index (χ3v) is 5.20. The lowest BCUT2D eigenvalue weighted by Gasteiger charge is -2.15. The van der Waals surface area contributed by atoms with Crippen molar-refractivity contribution in [3.8, 4) is 11.1 Å². The van der Waals surface area contributed by atoms with E-state index in [-0.39, 0.29) is 11.8 Å². The van der Waals surface area contributed by atoms with Gasteiger partial charge in [-0.05, 0) is 36.8 Å². The van der Waals surface area contributed by atoms with Crippen molar-refractivity contribution in [2.45, 2.75) is 12.3 Å². The van der Waals surface area contributed by atoms with Gasteiger partial charge in [-0.2, -0.15) is 5.10 Å². The SMILES string of the molecule is O=C(c1ccccc1)N1CC[C@@H](c2nc3ccc(-c4cccnc4)cn3n2)C1. The van der Waals surface area contributed by atoms with Crippen molar-refractivity contribution in [1.82, 2.24) is 24.5 Å². The first-order valence-corrected chi connectivity index (χ1v) is 9.39. The van der Waals surface area contributed by atoms with Crippen molar-refractivity contribution in [3.63, 3.8) is 0 Å². The Bertz CT molecular complexity index is 1120. The second kappa shape index (κ2) is 6.88. The van der Waals surface area contributed by atoms with Crippen LogP contribution in [0.2, 0.25) is 0 Å². The highest BCUT2D eigenvalue weighted by atomic mass is 16.2. The minimum absolute atomic E-state index is 0.0747. The Labute approximate surface area is 162 Å². The summed E-state index contributed by atoms with van der Waals surface area (Å²) in [6.45, 7) is 1.38. The normalized spacial score (nSPS) is 16.6. The van der Waals surface area contributed by atoms with Crippen LogP contribution in [0.3, 0.4) is 0 Å². The fourth-order valence-electron chi connectivity index (χ4n) is 3.70. The number of likely N-dealkylation sites (tertiary alicyclic amines) is 1. The minimum Gasteiger partial charge on any atom is -0.338 e. The van der Waals surface area contributed by atoms with E-state index in [2.05, 4.69) is 4.98 Å². The molecule has 1 aromatic carbocycles. The van der Waals surface area contributed by atoms with Gasteiger partial charge >= 0.3 is 0 Å². The summed E-state index contributed by atoms with van der Waals surface area (Å²) in [4.78, 5) is 23.4. The maximum absolute atomic E-state index is 12.7. The summed E-state index contributed by atoms with van der Waals surface area (Å²) in [5, 5.41) is 4.69. The third-order valence-electron chi connectivity index (χ3n) is 5.20. The number of hydrogen-bond acceptors (Lipinski definition) is 4. The molecular formula is C22H19N5O. The Morgan fingerprint density at radius 1 is 1.00 bits per heavy atom. The molecule has 0 spiro atoms. The second-order valence-electron chi connectivity index (χ2n) is 7.04. The number of pyridine rings is 2. The van der Waals surface area contributed by atoms with Crippen LogP contribution in [0.5, 0.6) is 0 Å². The number of benzene rings is 1. The zero-order valence-electron chi connectivity index (χ0n) is 15.3. The van der Waals surface area contributed by atoms with Gasteiger partial charge in [-0.1, -0.05) is 24.3 Å². The van der Waals surface area contributed by atoms with Crippen molar-refractivity contribution < 1.29 is 4.79 Å². The van der Waals surface area contributed by atoms with Crippen molar-refractivity contribution in [2.24, 2.45) is 0 Å². The van der Waals surface area contributed by atoms with Crippen LogP contribution in [0, 0.1) is 0 Å². The molecule has 0 bridgehead atoms. The standard InChI is InChI=1S/C22H19N5O/c28-22(16-5-2-1-3-6-16)26-12-10-19(14-26)21-24-20-9-8-18(15-27(20)25-21)17-7-4-11-23-13-17/h1-9,11,13,15,19H,10,12,14H2/t19-/m1/s1. The van der Waals surface area contributed by atoms with Gasteiger partial charge in [0.15, 0.2) is 11.5 Å². The van der Waals surface area contributed by atoms with Crippen molar-refractivity contribution in [2.75, 3.05) is 13.1 Å². The zero-order valence-corrected chi connectivity index (χ0v) is 15.3. The first-order chi connectivity index (χ1) is 13.8. The van der Waals surface area contributed by atoms with E-state index >= 15 is 0 Å². The number of carbonyl (C=O) groups is 1. The van der Waals surface area contributed by atoms with Gasteiger partial charge in [-0.3, -0.25) is 9.78 Å². The number of amides is 1. The number of rotatable bonds is 3. The molecular weight excluding hydrogens is 350 g/mol. The number of fused-ring (bicyclic) bond motifs is 1. The summed E-state index contributed by atoms with van der Waals surface area (Å²) >= 11 is 0. The van der Waals surface area contributed by atoms with Gasteiger partial charge in [0.2, 0.25) is 0 Å². The van der Waals surface area contributed by atoms with Gasteiger partial charge in [-0.15, -0.1) is 0 Å². The average Bonchev–Trinajstić information content (AvgIpc) is 3.41. The molecule has 0 N–H and O–H groups in total. The topological polar surface area (TPSA) is 63.4 Å². The molecule has 0 unspecified atom stereocenters. The van der Waals surface area contributed by atoms with E-state index < -0.39 is 0 Å². The molecule has 0 radical (unpaired) electrons. The molecule has 1 atom stereocenters. The van der Waals surface area contributed by atoms with Gasteiger partial charge in [0.1, 0.15) is 0 Å². The molecule has 138 valence electrons. The fraction of sp³-hybridized carbons (Fsp3) is 0.182. The second-order valence-corrected chi connectivity index (χ2v) is 7.04. The molecule has 4 aromatic rings. The summed E-state index contributed by atoms with van der Waals surface area (Å²) in [7, 11) is 0. The highest BCUT2D eigenvalue weighted by Gasteiger charge is 2.30. The van der Waals surface area contributed by atoms with Crippen LogP contribution in [0.15, 0.2) is 73.2 Å². The van der Waals surface area contributed by atoms with E-state index in [1.54, 1.807) is 6.20 Å². The quantitative estimate of drug-likeness (QED) is 0.555. The monoisotopic (exact) mass is 369 g/mol. The molecule has 28 heavy (non-hydrogen) atoms. The maximum Gasteiger partial charge on any atom is 0.253 e. The summed E-state index contributed by atoms with van der Waals surface area (Å²) in [5.74, 6) is 1.03. The number of hydrogen-bond donors (Lipinski definition) is 0. The van der Waals surface area contributed by atoms with Crippen molar-refractivity contribution >= 4 is 11.6 Å². The average molecular weight is 369 g/mol. The molecule has 1 fully saturated rings. The van der Waals surface area contributed by atoms with E-state index in [9.17, 15) is 4.79 Å². The summed E-state index contributed by atoms with van der Waals surface area (Å²) in [6, 6.07) is 17.4. The first-order valence-electron chi connectivity index (χ1n) is 9.39. The van der Waals surface area contributed by atoms with Gasteiger partial charge in [0.25, 0.3) is 5.91 Å². The third kappa shape index (κ3) is 3.03. The number of nitrogens with zero attached hydrogens (tertiary/aromatic N) is 5. The Hall–Kier alpha value is -3.54. The number of aromatic nitrogens is 4. The molecule has 6 nitrogen and oxygen atoms in total. The molecule has 1 saturated heterocycles. The van der Waals surface area contributed by atoms with Crippen LogP contribution in [0.1, 0.15) is 28.5 Å². The smallest absolute Gasteiger partial charge is 0.253 e. The van der Waals surface area contributed by atoms with Gasteiger partial charge in [-0.25, -0.2) is 9.50 Å². The van der Waals surface area contributed by atoms with Gasteiger partial charge in [0.05, 0.1) is 0 Å². The minimum atomic E-state index is 0.0747. The molecule has 1 amide bonds. The predicted molar refractivity (Wildman–Crippen MR) is 106 cm³/mol. The van der Waals surface area contributed by atoms with Crippen LogP contribution in [0.25, 0.3) is 16.8 Å². The molecule has 0 aliphatic carbocycles. The van der Waals surface area contributed by atoms with Crippen molar-refractivity contribution in [3.05, 3.63) is 84.6 Å². The van der Waals surface area contributed by atoms with Gasteiger partial charge < -0.3 is 4.90 Å². The Morgan fingerprint density at radius 2 is 1.89 bits per heavy atom. The predicted octanol–water partition coefficient (Wildman–Crippen LogP) is 3.42. The van der Waals surface area contributed by atoms with Crippen LogP contribution < -0.4 is 0 Å².